The first kappa shape index (κ1) is 22.3. The van der Waals surface area contributed by atoms with Crippen molar-refractivity contribution >= 4 is 0 Å². The van der Waals surface area contributed by atoms with Gasteiger partial charge < -0.3 is 4.74 Å². The molecule has 5 atom stereocenters. The fraction of sp³-hybridized carbons (Fsp3) is 0.786. The van der Waals surface area contributed by atoms with Gasteiger partial charge in [0.15, 0.2) is 0 Å². The fourth-order valence-electron chi connectivity index (χ4n) is 6.84. The Labute approximate surface area is 184 Å². The van der Waals surface area contributed by atoms with Crippen LogP contribution in [0.15, 0.2) is 12.1 Å². The molecule has 4 rings (SSSR count). The van der Waals surface area contributed by atoms with Crippen molar-refractivity contribution in [1.82, 2.24) is 0 Å². The summed E-state index contributed by atoms with van der Waals surface area (Å²) in [6, 6.07) is 4.47. The van der Waals surface area contributed by atoms with Gasteiger partial charge in [0, 0.05) is 7.11 Å². The molecule has 30 heavy (non-hydrogen) atoms. The van der Waals surface area contributed by atoms with E-state index in [4.69, 9.17) is 4.74 Å². The van der Waals surface area contributed by atoms with Gasteiger partial charge in [0.05, 0.1) is 6.10 Å². The first-order valence-corrected chi connectivity index (χ1v) is 13.0. The van der Waals surface area contributed by atoms with E-state index in [1.807, 2.05) is 7.11 Å². The molecule has 0 aliphatic heterocycles. The number of hydrogen-bond donors (Lipinski definition) is 0. The molecule has 5 unspecified atom stereocenters. The molecule has 0 aromatic heterocycles. The van der Waals surface area contributed by atoms with Crippen LogP contribution in [0.5, 0.6) is 0 Å². The summed E-state index contributed by atoms with van der Waals surface area (Å²) < 4.78 is 21.2. The predicted octanol–water partition coefficient (Wildman–Crippen LogP) is 7.99. The van der Waals surface area contributed by atoms with Crippen LogP contribution in [-0.4, -0.2) is 13.2 Å². The van der Waals surface area contributed by atoms with Crippen molar-refractivity contribution in [3.63, 3.8) is 0 Å². The Morgan fingerprint density at radius 1 is 0.933 bits per heavy atom. The largest absolute Gasteiger partial charge is 0.381 e. The minimum Gasteiger partial charge on any atom is -0.381 e. The molecule has 2 saturated carbocycles. The molecule has 2 fully saturated rings. The SMILES string of the molecule is CCCCCCCC1CCc2c(ccc(C3CCC4CC(OC)CCC4C3)c2F)C1. The van der Waals surface area contributed by atoms with Gasteiger partial charge in [0.2, 0.25) is 0 Å². The highest BCUT2D eigenvalue weighted by molar-refractivity contribution is 5.38. The number of methoxy groups -OCH3 is 1. The molecular weight excluding hydrogens is 371 g/mol. The van der Waals surface area contributed by atoms with E-state index in [0.717, 1.165) is 48.1 Å². The normalized spacial score (nSPS) is 31.2. The van der Waals surface area contributed by atoms with Gasteiger partial charge >= 0.3 is 0 Å². The second-order valence-electron chi connectivity index (χ2n) is 10.6. The number of rotatable bonds is 8. The topological polar surface area (TPSA) is 9.23 Å². The monoisotopic (exact) mass is 414 g/mol. The van der Waals surface area contributed by atoms with Crippen molar-refractivity contribution in [3.05, 3.63) is 34.6 Å². The van der Waals surface area contributed by atoms with Crippen LogP contribution in [0, 0.1) is 23.6 Å². The third-order valence-corrected chi connectivity index (χ3v) is 8.74. The first-order chi connectivity index (χ1) is 14.7. The van der Waals surface area contributed by atoms with Gasteiger partial charge in [-0.15, -0.1) is 0 Å². The zero-order valence-corrected chi connectivity index (χ0v) is 19.4. The maximum absolute atomic E-state index is 15.6. The summed E-state index contributed by atoms with van der Waals surface area (Å²) in [5, 5.41) is 0. The van der Waals surface area contributed by atoms with Crippen LogP contribution in [-0.2, 0) is 17.6 Å². The van der Waals surface area contributed by atoms with E-state index in [2.05, 4.69) is 19.1 Å². The molecule has 0 N–H and O–H groups in total. The van der Waals surface area contributed by atoms with Crippen LogP contribution in [0.4, 0.5) is 4.39 Å². The zero-order valence-electron chi connectivity index (χ0n) is 19.4. The average Bonchev–Trinajstić information content (AvgIpc) is 2.78. The molecule has 0 saturated heterocycles. The number of hydrogen-bond acceptors (Lipinski definition) is 1. The zero-order chi connectivity index (χ0) is 20.9. The van der Waals surface area contributed by atoms with Crippen molar-refractivity contribution in [2.24, 2.45) is 17.8 Å². The minimum atomic E-state index is 0.169. The molecule has 3 aliphatic rings. The van der Waals surface area contributed by atoms with Crippen molar-refractivity contribution < 1.29 is 9.13 Å². The molecule has 0 bridgehead atoms. The third-order valence-electron chi connectivity index (χ3n) is 8.74. The second-order valence-corrected chi connectivity index (χ2v) is 10.6. The van der Waals surface area contributed by atoms with E-state index in [1.165, 1.54) is 82.6 Å². The van der Waals surface area contributed by atoms with E-state index in [0.29, 0.717) is 12.0 Å². The molecule has 2 heteroatoms. The summed E-state index contributed by atoms with van der Waals surface area (Å²) in [5.41, 5.74) is 3.43. The van der Waals surface area contributed by atoms with Gasteiger partial charge in [-0.25, -0.2) is 4.39 Å². The van der Waals surface area contributed by atoms with Crippen LogP contribution < -0.4 is 0 Å². The van der Waals surface area contributed by atoms with Gasteiger partial charge in [-0.05, 0) is 98.1 Å². The Bertz CT molecular complexity index is 683. The molecule has 1 nitrogen and oxygen atoms in total. The van der Waals surface area contributed by atoms with Crippen LogP contribution in [0.3, 0.4) is 0 Å². The van der Waals surface area contributed by atoms with Gasteiger partial charge in [-0.1, -0.05) is 57.6 Å². The molecule has 0 spiro atoms. The van der Waals surface area contributed by atoms with E-state index in [1.54, 1.807) is 0 Å². The number of ether oxygens (including phenoxy) is 1. The second kappa shape index (κ2) is 10.6. The van der Waals surface area contributed by atoms with E-state index < -0.39 is 0 Å². The lowest BCUT2D eigenvalue weighted by atomic mass is 9.65. The van der Waals surface area contributed by atoms with Crippen LogP contribution >= 0.6 is 0 Å². The summed E-state index contributed by atoms with van der Waals surface area (Å²) in [4.78, 5) is 0. The first-order valence-electron chi connectivity index (χ1n) is 13.0. The van der Waals surface area contributed by atoms with E-state index in [-0.39, 0.29) is 5.82 Å². The highest BCUT2D eigenvalue weighted by Gasteiger charge is 2.37. The third kappa shape index (κ3) is 5.12. The smallest absolute Gasteiger partial charge is 0.130 e. The maximum atomic E-state index is 15.6. The fourth-order valence-corrected chi connectivity index (χ4v) is 6.84. The lowest BCUT2D eigenvalue weighted by molar-refractivity contribution is 0.0121. The average molecular weight is 415 g/mol. The lowest BCUT2D eigenvalue weighted by Gasteiger charge is -2.42. The molecule has 0 radical (unpaired) electrons. The van der Waals surface area contributed by atoms with Crippen molar-refractivity contribution in [2.75, 3.05) is 7.11 Å². The van der Waals surface area contributed by atoms with Crippen LogP contribution in [0.1, 0.15) is 113 Å². The quantitative estimate of drug-likeness (QED) is 0.392. The van der Waals surface area contributed by atoms with E-state index >= 15 is 4.39 Å². The highest BCUT2D eigenvalue weighted by atomic mass is 19.1. The maximum Gasteiger partial charge on any atom is 0.130 e. The van der Waals surface area contributed by atoms with Crippen LogP contribution in [0.25, 0.3) is 0 Å². The van der Waals surface area contributed by atoms with Crippen molar-refractivity contribution in [1.29, 1.82) is 0 Å². The summed E-state index contributed by atoms with van der Waals surface area (Å²) in [6.45, 7) is 2.28. The van der Waals surface area contributed by atoms with Gasteiger partial charge in [-0.2, -0.15) is 0 Å². The van der Waals surface area contributed by atoms with Gasteiger partial charge in [-0.3, -0.25) is 0 Å². The molecular formula is C28H43FO. The molecule has 3 aliphatic carbocycles. The molecule has 0 heterocycles. The number of fused-ring (bicyclic) bond motifs is 2. The Balaban J connectivity index is 1.35. The summed E-state index contributed by atoms with van der Waals surface area (Å²) >= 11 is 0. The molecule has 0 amide bonds. The molecule has 1 aromatic carbocycles. The minimum absolute atomic E-state index is 0.169. The summed E-state index contributed by atoms with van der Waals surface area (Å²) in [6.07, 6.45) is 19.1. The Morgan fingerprint density at radius 2 is 1.73 bits per heavy atom. The standard InChI is InChI=1S/C28H43FO/c1-3-4-5-6-7-8-20-9-15-26-23(17-20)13-16-27(28(26)29)24-11-10-22-19-25(30-2)14-12-21(22)18-24/h13,16,20-22,24-25H,3-12,14-15,17-19H2,1-2H3. The van der Waals surface area contributed by atoms with Gasteiger partial charge in [0.1, 0.15) is 5.82 Å². The van der Waals surface area contributed by atoms with Crippen molar-refractivity contribution in [2.45, 2.75) is 115 Å². The van der Waals surface area contributed by atoms with Crippen LogP contribution in [0.2, 0.25) is 0 Å². The van der Waals surface area contributed by atoms with Crippen molar-refractivity contribution in [3.8, 4) is 0 Å². The molecule has 168 valence electrons. The highest BCUT2D eigenvalue weighted by Crippen LogP contribution is 2.47. The summed E-state index contributed by atoms with van der Waals surface area (Å²) in [7, 11) is 1.86. The number of benzene rings is 1. The van der Waals surface area contributed by atoms with Gasteiger partial charge in [0.25, 0.3) is 0 Å². The Kier molecular flexibility index (Phi) is 7.90. The Morgan fingerprint density at radius 3 is 2.57 bits per heavy atom. The molecule has 1 aromatic rings. The number of halogens is 1. The predicted molar refractivity (Wildman–Crippen MR) is 124 cm³/mol. The van der Waals surface area contributed by atoms with E-state index in [9.17, 15) is 0 Å². The Hall–Kier alpha value is -0.890. The summed E-state index contributed by atoms with van der Waals surface area (Å²) in [5.74, 6) is 2.96. The lowest BCUT2D eigenvalue weighted by Crippen LogP contribution is -2.33. The number of unbranched alkanes of at least 4 members (excludes halogenated alkanes) is 4.